The van der Waals surface area contributed by atoms with E-state index in [4.69, 9.17) is 4.74 Å². The molecule has 0 unspecified atom stereocenters. The second-order valence-electron chi connectivity index (χ2n) is 6.61. The lowest BCUT2D eigenvalue weighted by atomic mass is 9.93. The van der Waals surface area contributed by atoms with Crippen molar-refractivity contribution in [3.05, 3.63) is 28.2 Å². The van der Waals surface area contributed by atoms with Crippen molar-refractivity contribution in [2.24, 2.45) is 5.41 Å². The van der Waals surface area contributed by atoms with Crippen molar-refractivity contribution >= 4 is 15.9 Å². The lowest BCUT2D eigenvalue weighted by molar-refractivity contribution is 0.231. The number of benzene rings is 1. The van der Waals surface area contributed by atoms with Crippen LogP contribution in [-0.4, -0.2) is 38.7 Å². The highest BCUT2D eigenvalue weighted by molar-refractivity contribution is 9.10. The number of hydrogen-bond acceptors (Lipinski definition) is 3. The van der Waals surface area contributed by atoms with Crippen LogP contribution in [0.4, 0.5) is 0 Å². The largest absolute Gasteiger partial charge is 0.493 e. The summed E-state index contributed by atoms with van der Waals surface area (Å²) in [6, 6.07) is 6.21. The molecule has 0 aliphatic heterocycles. The number of nitrogens with zero attached hydrogens (tertiary/aromatic N) is 1. The zero-order valence-corrected chi connectivity index (χ0v) is 15.6. The lowest BCUT2D eigenvalue weighted by Gasteiger charge is -2.28. The topological polar surface area (TPSA) is 24.5 Å². The van der Waals surface area contributed by atoms with Gasteiger partial charge >= 0.3 is 0 Å². The molecule has 1 aromatic rings. The molecule has 0 aliphatic rings. The van der Waals surface area contributed by atoms with Crippen LogP contribution in [0.5, 0.6) is 5.75 Å². The number of hydrogen-bond donors (Lipinski definition) is 1. The Bertz CT molecular complexity index is 433. The SMILES string of the molecule is CCCOc1ccc(Br)cc1CNCC(C)(C)CN(C)C. The van der Waals surface area contributed by atoms with Gasteiger partial charge in [-0.1, -0.05) is 36.7 Å². The Labute approximate surface area is 138 Å². The summed E-state index contributed by atoms with van der Waals surface area (Å²) in [5, 5.41) is 3.56. The van der Waals surface area contributed by atoms with Gasteiger partial charge in [0.2, 0.25) is 0 Å². The average Bonchev–Trinajstić information content (AvgIpc) is 2.36. The molecule has 21 heavy (non-hydrogen) atoms. The first-order chi connectivity index (χ1) is 9.84. The molecule has 0 fully saturated rings. The van der Waals surface area contributed by atoms with Gasteiger partial charge in [0.25, 0.3) is 0 Å². The van der Waals surface area contributed by atoms with Crippen molar-refractivity contribution in [3.8, 4) is 5.75 Å². The van der Waals surface area contributed by atoms with Gasteiger partial charge in [0.1, 0.15) is 5.75 Å². The van der Waals surface area contributed by atoms with E-state index < -0.39 is 0 Å². The van der Waals surface area contributed by atoms with Gasteiger partial charge in [-0.05, 0) is 44.1 Å². The summed E-state index contributed by atoms with van der Waals surface area (Å²) in [6.07, 6.45) is 1.03. The van der Waals surface area contributed by atoms with E-state index in [1.54, 1.807) is 0 Å². The van der Waals surface area contributed by atoms with Gasteiger partial charge in [0.15, 0.2) is 0 Å². The monoisotopic (exact) mass is 356 g/mol. The highest BCUT2D eigenvalue weighted by Gasteiger charge is 2.18. The maximum Gasteiger partial charge on any atom is 0.123 e. The smallest absolute Gasteiger partial charge is 0.123 e. The minimum atomic E-state index is 0.250. The molecule has 0 bridgehead atoms. The Morgan fingerprint density at radius 3 is 2.62 bits per heavy atom. The first kappa shape index (κ1) is 18.5. The molecule has 0 amide bonds. The molecule has 0 atom stereocenters. The molecule has 1 N–H and O–H groups in total. The van der Waals surface area contributed by atoms with Crippen molar-refractivity contribution in [2.75, 3.05) is 33.8 Å². The zero-order chi connectivity index (χ0) is 15.9. The second-order valence-corrected chi connectivity index (χ2v) is 7.52. The molecule has 0 aliphatic carbocycles. The average molecular weight is 357 g/mol. The van der Waals surface area contributed by atoms with E-state index >= 15 is 0 Å². The Balaban J connectivity index is 2.59. The van der Waals surface area contributed by atoms with Crippen molar-refractivity contribution in [3.63, 3.8) is 0 Å². The molecule has 120 valence electrons. The van der Waals surface area contributed by atoms with Gasteiger partial charge in [-0.15, -0.1) is 0 Å². The van der Waals surface area contributed by atoms with Crippen molar-refractivity contribution in [1.29, 1.82) is 0 Å². The molecule has 3 nitrogen and oxygen atoms in total. The molecule has 1 aromatic carbocycles. The fourth-order valence-corrected chi connectivity index (χ4v) is 2.90. The van der Waals surface area contributed by atoms with E-state index in [0.29, 0.717) is 0 Å². The Morgan fingerprint density at radius 1 is 1.29 bits per heavy atom. The van der Waals surface area contributed by atoms with Gasteiger partial charge in [-0.25, -0.2) is 0 Å². The fourth-order valence-electron chi connectivity index (χ4n) is 2.49. The maximum atomic E-state index is 5.82. The molecule has 0 aromatic heterocycles. The van der Waals surface area contributed by atoms with Crippen LogP contribution in [0.2, 0.25) is 0 Å². The molecule has 1 rings (SSSR count). The van der Waals surface area contributed by atoms with Crippen molar-refractivity contribution in [1.82, 2.24) is 10.2 Å². The van der Waals surface area contributed by atoms with Crippen LogP contribution in [-0.2, 0) is 6.54 Å². The molecule has 0 spiro atoms. The van der Waals surface area contributed by atoms with Gasteiger partial charge in [0, 0.05) is 29.7 Å². The number of halogens is 1. The molecule has 0 saturated carbocycles. The van der Waals surface area contributed by atoms with E-state index in [-0.39, 0.29) is 5.41 Å². The van der Waals surface area contributed by atoms with Crippen LogP contribution in [0.15, 0.2) is 22.7 Å². The molecule has 4 heteroatoms. The van der Waals surface area contributed by atoms with E-state index in [9.17, 15) is 0 Å². The normalized spacial score (nSPS) is 12.0. The lowest BCUT2D eigenvalue weighted by Crippen LogP contribution is -2.37. The first-order valence-electron chi connectivity index (χ1n) is 7.61. The van der Waals surface area contributed by atoms with Gasteiger partial charge in [-0.2, -0.15) is 0 Å². The quantitative estimate of drug-likeness (QED) is 0.725. The van der Waals surface area contributed by atoms with Crippen LogP contribution in [0.25, 0.3) is 0 Å². The summed E-state index contributed by atoms with van der Waals surface area (Å²) in [7, 11) is 4.24. The molecule has 0 radical (unpaired) electrons. The van der Waals surface area contributed by atoms with Crippen LogP contribution in [0.3, 0.4) is 0 Å². The molecule has 0 saturated heterocycles. The summed E-state index contributed by atoms with van der Waals surface area (Å²) >= 11 is 3.54. The minimum absolute atomic E-state index is 0.250. The summed E-state index contributed by atoms with van der Waals surface area (Å²) in [6.45, 7) is 10.3. The molecule has 0 heterocycles. The van der Waals surface area contributed by atoms with Crippen LogP contribution >= 0.6 is 15.9 Å². The summed E-state index contributed by atoms with van der Waals surface area (Å²) in [5.41, 5.74) is 1.46. The Hall–Kier alpha value is -0.580. The Morgan fingerprint density at radius 2 is 2.00 bits per heavy atom. The highest BCUT2D eigenvalue weighted by atomic mass is 79.9. The second kappa shape index (κ2) is 8.76. The standard InChI is InChI=1S/C17H29BrN2O/c1-6-9-21-16-8-7-15(18)10-14(16)11-19-12-17(2,3)13-20(4)5/h7-8,10,19H,6,9,11-13H2,1-5H3. The fraction of sp³-hybridized carbons (Fsp3) is 0.647. The summed E-state index contributed by atoms with van der Waals surface area (Å²) < 4.78 is 6.91. The first-order valence-corrected chi connectivity index (χ1v) is 8.40. The maximum absolute atomic E-state index is 5.82. The van der Waals surface area contributed by atoms with E-state index in [2.05, 4.69) is 67.1 Å². The zero-order valence-electron chi connectivity index (χ0n) is 14.0. The van der Waals surface area contributed by atoms with Crippen molar-refractivity contribution in [2.45, 2.75) is 33.7 Å². The van der Waals surface area contributed by atoms with Crippen LogP contribution in [0, 0.1) is 5.41 Å². The molecular weight excluding hydrogens is 328 g/mol. The predicted molar refractivity (Wildman–Crippen MR) is 94.0 cm³/mol. The van der Waals surface area contributed by atoms with Crippen LogP contribution < -0.4 is 10.1 Å². The number of nitrogens with one attached hydrogen (secondary N) is 1. The van der Waals surface area contributed by atoms with Gasteiger partial charge in [0.05, 0.1) is 6.61 Å². The number of ether oxygens (including phenoxy) is 1. The highest BCUT2D eigenvalue weighted by Crippen LogP contribution is 2.24. The van der Waals surface area contributed by atoms with E-state index in [1.807, 2.05) is 12.1 Å². The van der Waals surface area contributed by atoms with Gasteiger partial charge in [-0.3, -0.25) is 0 Å². The summed E-state index contributed by atoms with van der Waals surface area (Å²) in [5.74, 6) is 0.984. The third-order valence-electron chi connectivity index (χ3n) is 3.15. The van der Waals surface area contributed by atoms with Gasteiger partial charge < -0.3 is 15.0 Å². The summed E-state index contributed by atoms with van der Waals surface area (Å²) in [4.78, 5) is 2.23. The number of rotatable bonds is 9. The van der Waals surface area contributed by atoms with E-state index in [0.717, 1.165) is 42.9 Å². The molecular formula is C17H29BrN2O. The third-order valence-corrected chi connectivity index (χ3v) is 3.64. The van der Waals surface area contributed by atoms with E-state index in [1.165, 1.54) is 5.56 Å². The van der Waals surface area contributed by atoms with Crippen molar-refractivity contribution < 1.29 is 4.74 Å². The third kappa shape index (κ3) is 7.30. The Kier molecular flexibility index (Phi) is 7.71. The minimum Gasteiger partial charge on any atom is -0.493 e. The van der Waals surface area contributed by atoms with Crippen LogP contribution in [0.1, 0.15) is 32.8 Å². The predicted octanol–water partition coefficient (Wildman–Crippen LogP) is 3.92.